The van der Waals surface area contributed by atoms with Crippen molar-refractivity contribution in [1.82, 2.24) is 0 Å². The Morgan fingerprint density at radius 1 is 0.830 bits per heavy atom. The number of phenols is 1. The van der Waals surface area contributed by atoms with Gasteiger partial charge in [0.25, 0.3) is 11.6 Å². The number of rotatable bonds is 10. The number of nitro groups is 1. The number of ether oxygens (including phenoxy) is 1. The van der Waals surface area contributed by atoms with Gasteiger partial charge < -0.3 is 15.2 Å². The average molecular weight is 688 g/mol. The first-order valence-corrected chi connectivity index (χ1v) is 17.1. The maximum atomic E-state index is 14.2. The van der Waals surface area contributed by atoms with E-state index in [0.717, 1.165) is 22.0 Å². The van der Waals surface area contributed by atoms with Crippen molar-refractivity contribution >= 4 is 74.5 Å². The highest BCUT2D eigenvalue weighted by Gasteiger charge is 2.34. The molecule has 0 aliphatic rings. The summed E-state index contributed by atoms with van der Waals surface area (Å²) in [6.45, 7) is -1.10. The van der Waals surface area contributed by atoms with Gasteiger partial charge in [-0.2, -0.15) is 0 Å². The quantitative estimate of drug-likeness (QED) is 0.0698. The summed E-state index contributed by atoms with van der Waals surface area (Å²) in [5.41, 5.74) is -0.0880. The van der Waals surface area contributed by atoms with Crippen LogP contribution in [-0.2, 0) is 16.0 Å². The zero-order valence-electron chi connectivity index (χ0n) is 25.1. The number of nitrogens with zero attached hydrogens (tertiary/aromatic N) is 1. The number of aromatic hydroxyl groups is 1. The largest absolute Gasteiger partial charge is 0.507 e. The van der Waals surface area contributed by atoms with Crippen LogP contribution in [0.25, 0.3) is 0 Å². The van der Waals surface area contributed by atoms with Crippen LogP contribution in [0.1, 0.15) is 22.8 Å². The number of benzene rings is 5. The van der Waals surface area contributed by atoms with Crippen LogP contribution < -0.4 is 21.2 Å². The van der Waals surface area contributed by atoms with Gasteiger partial charge in [0.15, 0.2) is 0 Å². The number of hydrogen-bond donors (Lipinski definition) is 2. The molecule has 0 unspecified atom stereocenters. The molecule has 5 aromatic carbocycles. The fraction of sp³-hybridized carbons (Fsp3) is 0.0833. The molecule has 0 saturated carbocycles. The zero-order valence-corrected chi connectivity index (χ0v) is 27.5. The summed E-state index contributed by atoms with van der Waals surface area (Å²) in [7, 11) is 0. The van der Waals surface area contributed by atoms with E-state index in [4.69, 9.17) is 27.9 Å². The summed E-state index contributed by atoms with van der Waals surface area (Å²) >= 11 is 12.7. The summed E-state index contributed by atoms with van der Waals surface area (Å²) in [5, 5.41) is 28.5. The molecular formula is C36H29Cl2N2O6P. The smallest absolute Gasteiger partial charge is 0.335 e. The molecule has 0 spiro atoms. The zero-order chi connectivity index (χ0) is 33.6. The predicted octanol–water partition coefficient (Wildman–Crippen LogP) is 7.13. The number of non-ortho nitro benzene ring substituents is 1. The van der Waals surface area contributed by atoms with Gasteiger partial charge in [0.2, 0.25) is 0 Å². The molecule has 2 N–H and O–H groups in total. The van der Waals surface area contributed by atoms with Crippen molar-refractivity contribution in [2.45, 2.75) is 13.3 Å². The molecule has 1 amide bonds. The molecule has 0 bridgehead atoms. The van der Waals surface area contributed by atoms with Crippen molar-refractivity contribution in [3.8, 4) is 5.75 Å². The number of amides is 1. The maximum Gasteiger partial charge on any atom is 0.335 e. The van der Waals surface area contributed by atoms with E-state index >= 15 is 0 Å². The van der Waals surface area contributed by atoms with E-state index < -0.39 is 23.7 Å². The number of phenolic OH excluding ortho intramolecular Hbond substituents is 1. The second kappa shape index (κ2) is 14.7. The molecule has 0 fully saturated rings. The van der Waals surface area contributed by atoms with Crippen LogP contribution in [0.4, 0.5) is 11.4 Å². The van der Waals surface area contributed by atoms with Crippen molar-refractivity contribution in [1.29, 1.82) is 0 Å². The Labute approximate surface area is 281 Å². The number of halogens is 2. The Balaban J connectivity index is 1.75. The molecule has 238 valence electrons. The molecule has 8 nitrogen and oxygen atoms in total. The molecule has 0 radical (unpaired) electrons. The molecule has 0 saturated heterocycles. The second-order valence-electron chi connectivity index (χ2n) is 10.4. The lowest BCUT2D eigenvalue weighted by molar-refractivity contribution is -0.384. The Morgan fingerprint density at radius 2 is 1.36 bits per heavy atom. The summed E-state index contributed by atoms with van der Waals surface area (Å²) in [5.74, 6) is -1.69. The summed E-state index contributed by atoms with van der Waals surface area (Å²) < 4.78 is 5.71. The predicted molar refractivity (Wildman–Crippen MR) is 190 cm³/mol. The molecular weight excluding hydrogens is 658 g/mol. The monoisotopic (exact) mass is 686 g/mol. The molecule has 0 aliphatic carbocycles. The van der Waals surface area contributed by atoms with Gasteiger partial charge in [0, 0.05) is 29.1 Å². The fourth-order valence-corrected chi connectivity index (χ4v) is 10.4. The number of nitro benzene ring substituents is 1. The number of carbonyl (C=O) groups excluding carboxylic acids is 2. The highest BCUT2D eigenvalue weighted by Crippen LogP contribution is 2.47. The second-order valence-corrected chi connectivity index (χ2v) is 14.6. The van der Waals surface area contributed by atoms with Gasteiger partial charge in [0.05, 0.1) is 33.1 Å². The highest BCUT2D eigenvalue weighted by molar-refractivity contribution is 7.96. The van der Waals surface area contributed by atoms with E-state index in [1.54, 1.807) is 6.92 Å². The van der Waals surface area contributed by atoms with E-state index in [0.29, 0.717) is 5.29 Å². The third kappa shape index (κ3) is 6.96. The lowest BCUT2D eigenvalue weighted by atomic mass is 10.0. The van der Waals surface area contributed by atoms with Crippen molar-refractivity contribution in [2.75, 3.05) is 11.9 Å². The van der Waals surface area contributed by atoms with Gasteiger partial charge in [-0.1, -0.05) is 114 Å². The van der Waals surface area contributed by atoms with E-state index in [1.807, 2.05) is 91.0 Å². The first kappa shape index (κ1) is 33.5. The third-order valence-corrected chi connectivity index (χ3v) is 12.4. The van der Waals surface area contributed by atoms with Crippen LogP contribution >= 0.6 is 30.1 Å². The van der Waals surface area contributed by atoms with E-state index in [2.05, 4.69) is 5.32 Å². The number of esters is 1. The molecule has 0 atom stereocenters. The summed E-state index contributed by atoms with van der Waals surface area (Å²) in [6, 6.07) is 35.6. The number of anilines is 1. The summed E-state index contributed by atoms with van der Waals surface area (Å²) in [6.07, 6.45) is -0.101. The SMILES string of the molecule is CCOC(=O)C(Cc1cc(Cl)cc(C(=O)Nc2ccc([N+](=O)[O-])cc2Cl)c1O)=P(c1ccccc1)(c1ccccc1)c1ccccc1. The maximum absolute atomic E-state index is 14.2. The first-order valence-electron chi connectivity index (χ1n) is 14.5. The van der Waals surface area contributed by atoms with Crippen molar-refractivity contribution in [3.05, 3.63) is 153 Å². The van der Waals surface area contributed by atoms with Crippen LogP contribution in [0, 0.1) is 10.1 Å². The van der Waals surface area contributed by atoms with Crippen LogP contribution in [0.2, 0.25) is 10.0 Å². The Morgan fingerprint density at radius 3 is 1.83 bits per heavy atom. The minimum atomic E-state index is -2.95. The van der Waals surface area contributed by atoms with E-state index in [1.165, 1.54) is 24.3 Å². The van der Waals surface area contributed by atoms with Crippen molar-refractivity contribution in [3.63, 3.8) is 0 Å². The Kier molecular flexibility index (Phi) is 10.5. The molecule has 5 aromatic rings. The van der Waals surface area contributed by atoms with Gasteiger partial charge >= 0.3 is 5.97 Å². The van der Waals surface area contributed by atoms with Crippen LogP contribution in [0.3, 0.4) is 0 Å². The lowest BCUT2D eigenvalue weighted by Crippen LogP contribution is -2.35. The molecule has 47 heavy (non-hydrogen) atoms. The van der Waals surface area contributed by atoms with Gasteiger partial charge in [-0.15, -0.1) is 0 Å². The van der Waals surface area contributed by atoms with Gasteiger partial charge in [-0.05, 0) is 47.9 Å². The molecule has 0 aliphatic heterocycles. The molecule has 0 aromatic heterocycles. The lowest BCUT2D eigenvalue weighted by Gasteiger charge is -2.32. The number of nitrogens with one attached hydrogen (secondary N) is 1. The van der Waals surface area contributed by atoms with E-state index in [9.17, 15) is 24.8 Å². The third-order valence-electron chi connectivity index (χ3n) is 7.51. The topological polar surface area (TPSA) is 119 Å². The van der Waals surface area contributed by atoms with Crippen LogP contribution in [0.5, 0.6) is 5.75 Å². The van der Waals surface area contributed by atoms with Crippen molar-refractivity contribution in [2.24, 2.45) is 0 Å². The number of hydrogen-bond acceptors (Lipinski definition) is 6. The molecule has 5 rings (SSSR count). The van der Waals surface area contributed by atoms with Gasteiger partial charge in [-0.25, -0.2) is 4.79 Å². The minimum absolute atomic E-state index is 0.0598. The average Bonchev–Trinajstić information content (AvgIpc) is 3.08. The van der Waals surface area contributed by atoms with E-state index in [-0.39, 0.29) is 51.3 Å². The number of carbonyl (C=O) groups is 2. The Bertz CT molecular complexity index is 1900. The first-order chi connectivity index (χ1) is 22.7. The summed E-state index contributed by atoms with van der Waals surface area (Å²) in [4.78, 5) is 38.2. The van der Waals surface area contributed by atoms with Gasteiger partial charge in [0.1, 0.15) is 5.75 Å². The Hall–Kier alpha value is -4.88. The van der Waals surface area contributed by atoms with Crippen molar-refractivity contribution < 1.29 is 24.4 Å². The van der Waals surface area contributed by atoms with Gasteiger partial charge in [-0.3, -0.25) is 14.9 Å². The molecule has 0 heterocycles. The van der Waals surface area contributed by atoms with Crippen LogP contribution in [-0.4, -0.2) is 33.8 Å². The minimum Gasteiger partial charge on any atom is -0.507 e. The standard InChI is InChI=1S/C36H29Cl2N2O6P/c1-2-46-36(43)33(47(27-12-6-3-7-13-27,28-14-8-4-9-15-28)29-16-10-5-11-17-29)21-24-20-25(37)22-30(34(24)41)35(42)39-32-19-18-26(40(44)45)23-31(32)38/h3-20,22-23,41H,2,21H2,1H3,(H,39,42). The highest BCUT2D eigenvalue weighted by atomic mass is 35.5. The molecule has 11 heteroatoms. The fourth-order valence-electron chi connectivity index (χ4n) is 5.46. The van der Waals surface area contributed by atoms with Crippen LogP contribution in [0.15, 0.2) is 121 Å². The normalized spacial score (nSPS) is 11.0.